The fourth-order valence-electron chi connectivity index (χ4n) is 2.26. The summed E-state index contributed by atoms with van der Waals surface area (Å²) in [7, 11) is 0. The lowest BCUT2D eigenvalue weighted by Crippen LogP contribution is -2.31. The highest BCUT2D eigenvalue weighted by atomic mass is 16.7. The average Bonchev–Trinajstić information content (AvgIpc) is 2.73. The molecule has 0 spiro atoms. The molecule has 1 aromatic carbocycles. The lowest BCUT2D eigenvalue weighted by molar-refractivity contribution is -0.307. The number of ether oxygens (including phenoxy) is 2. The Labute approximate surface area is 123 Å². The molecular weight excluding hydrogens is 274 g/mol. The molecule has 0 aliphatic carbocycles. The number of rotatable bonds is 5. The van der Waals surface area contributed by atoms with Crippen LogP contribution >= 0.6 is 0 Å². The molecule has 114 valence electrons. The molecule has 2 rings (SSSR count). The topological polar surface area (TPSA) is 87.7 Å². The smallest absolute Gasteiger partial charge is 0.231 e. The second-order valence-corrected chi connectivity index (χ2v) is 5.96. The van der Waals surface area contributed by atoms with Crippen molar-refractivity contribution in [3.63, 3.8) is 0 Å². The number of aliphatic carboxylic acids is 1. The summed E-state index contributed by atoms with van der Waals surface area (Å²) in [5.74, 6) is -0.164. The Hall–Kier alpha value is -2.24. The Morgan fingerprint density at radius 1 is 1.24 bits per heavy atom. The Morgan fingerprint density at radius 2 is 1.86 bits per heavy atom. The summed E-state index contributed by atoms with van der Waals surface area (Å²) in [5.41, 5.74) is 0.825. The highest BCUT2D eigenvalue weighted by Crippen LogP contribution is 2.37. The van der Waals surface area contributed by atoms with Crippen LogP contribution < -0.4 is 19.9 Å². The third-order valence-electron chi connectivity index (χ3n) is 3.26. The van der Waals surface area contributed by atoms with Gasteiger partial charge in [0.1, 0.15) is 0 Å². The first-order chi connectivity index (χ1) is 9.77. The number of benzene rings is 1. The summed E-state index contributed by atoms with van der Waals surface area (Å²) >= 11 is 0. The largest absolute Gasteiger partial charge is 0.550 e. The van der Waals surface area contributed by atoms with Gasteiger partial charge in [-0.25, -0.2) is 0 Å². The quantitative estimate of drug-likeness (QED) is 0.881. The van der Waals surface area contributed by atoms with Gasteiger partial charge in [-0.05, 0) is 30.4 Å². The van der Waals surface area contributed by atoms with Crippen LogP contribution in [0.4, 0.5) is 5.69 Å². The normalized spacial score (nSPS) is 13.1. The lowest BCUT2D eigenvalue weighted by atomic mass is 9.85. The number of nitrogens with one attached hydrogen (secondary N) is 1. The van der Waals surface area contributed by atoms with E-state index in [2.05, 4.69) is 5.32 Å². The van der Waals surface area contributed by atoms with Gasteiger partial charge >= 0.3 is 0 Å². The monoisotopic (exact) mass is 292 g/mol. The van der Waals surface area contributed by atoms with E-state index in [4.69, 9.17) is 9.47 Å². The molecule has 1 aliphatic rings. The first-order valence-corrected chi connectivity index (χ1v) is 6.67. The minimum atomic E-state index is -1.16. The second kappa shape index (κ2) is 5.63. The number of carbonyl (C=O) groups is 2. The van der Waals surface area contributed by atoms with Crippen molar-refractivity contribution in [1.29, 1.82) is 0 Å². The van der Waals surface area contributed by atoms with Gasteiger partial charge in [-0.1, -0.05) is 13.8 Å². The molecule has 21 heavy (non-hydrogen) atoms. The van der Waals surface area contributed by atoms with E-state index >= 15 is 0 Å². The Bertz CT molecular complexity index is 580. The number of amides is 1. The van der Waals surface area contributed by atoms with E-state index in [0.29, 0.717) is 17.2 Å². The predicted octanol–water partition coefficient (Wildman–Crippen LogP) is 1.22. The van der Waals surface area contributed by atoms with Crippen LogP contribution in [0.15, 0.2) is 12.1 Å². The van der Waals surface area contributed by atoms with Crippen molar-refractivity contribution in [3.05, 3.63) is 17.7 Å². The van der Waals surface area contributed by atoms with E-state index in [9.17, 15) is 14.7 Å². The zero-order chi connectivity index (χ0) is 15.6. The van der Waals surface area contributed by atoms with Crippen LogP contribution in [0.1, 0.15) is 32.3 Å². The number of aryl methyl sites for hydroxylation is 1. The fourth-order valence-corrected chi connectivity index (χ4v) is 2.26. The standard InChI is InChI=1S/C15H19NO5/c1-9-4-11-12(21-8-20-11)5-10(9)16-13(17)6-15(2,3)7-14(18)19/h4-5H,6-8H2,1-3H3,(H,16,17)(H,18,19)/p-1. The van der Waals surface area contributed by atoms with Gasteiger partial charge in [-0.15, -0.1) is 0 Å². The number of carboxylic acids is 1. The molecule has 1 aliphatic heterocycles. The molecule has 0 atom stereocenters. The van der Waals surface area contributed by atoms with Crippen LogP contribution in [-0.4, -0.2) is 18.7 Å². The second-order valence-electron chi connectivity index (χ2n) is 5.96. The van der Waals surface area contributed by atoms with Crippen molar-refractivity contribution in [2.45, 2.75) is 33.6 Å². The van der Waals surface area contributed by atoms with E-state index in [-0.39, 0.29) is 25.5 Å². The van der Waals surface area contributed by atoms with Crippen molar-refractivity contribution in [3.8, 4) is 11.5 Å². The van der Waals surface area contributed by atoms with Crippen molar-refractivity contribution in [1.82, 2.24) is 0 Å². The van der Waals surface area contributed by atoms with E-state index in [0.717, 1.165) is 5.56 Å². The molecule has 6 nitrogen and oxygen atoms in total. The number of carboxylic acid groups (broad SMARTS) is 1. The summed E-state index contributed by atoms with van der Waals surface area (Å²) in [6, 6.07) is 3.51. The van der Waals surface area contributed by atoms with Crippen molar-refractivity contribution in [2.75, 3.05) is 12.1 Å². The molecule has 0 fully saturated rings. The number of hydrogen-bond donors (Lipinski definition) is 1. The molecule has 1 heterocycles. The molecule has 0 saturated carbocycles. The molecule has 0 radical (unpaired) electrons. The number of carbonyl (C=O) groups excluding carboxylic acids is 2. The van der Waals surface area contributed by atoms with Gasteiger partial charge in [0.05, 0.1) is 0 Å². The third kappa shape index (κ3) is 3.87. The highest BCUT2D eigenvalue weighted by Gasteiger charge is 2.23. The summed E-state index contributed by atoms with van der Waals surface area (Å²) in [5, 5.41) is 13.4. The van der Waals surface area contributed by atoms with Gasteiger partial charge in [0, 0.05) is 24.1 Å². The maximum absolute atomic E-state index is 12.1. The molecule has 0 bridgehead atoms. The van der Waals surface area contributed by atoms with Crippen LogP contribution in [-0.2, 0) is 9.59 Å². The number of hydrogen-bond acceptors (Lipinski definition) is 5. The SMILES string of the molecule is Cc1cc2c(cc1NC(=O)CC(C)(C)CC(=O)[O-])OCO2. The fraction of sp³-hybridized carbons (Fsp3) is 0.467. The van der Waals surface area contributed by atoms with Crippen molar-refractivity contribution < 1.29 is 24.2 Å². The van der Waals surface area contributed by atoms with Crippen LogP contribution in [0.2, 0.25) is 0 Å². The molecule has 6 heteroatoms. The third-order valence-corrected chi connectivity index (χ3v) is 3.26. The Kier molecular flexibility index (Phi) is 4.06. The van der Waals surface area contributed by atoms with Crippen molar-refractivity contribution in [2.24, 2.45) is 5.41 Å². The lowest BCUT2D eigenvalue weighted by Gasteiger charge is -2.24. The molecule has 0 aromatic heterocycles. The van der Waals surface area contributed by atoms with Crippen LogP contribution in [0.25, 0.3) is 0 Å². The number of anilines is 1. The van der Waals surface area contributed by atoms with E-state index in [1.165, 1.54) is 0 Å². The van der Waals surface area contributed by atoms with Crippen LogP contribution in [0.5, 0.6) is 11.5 Å². The minimum Gasteiger partial charge on any atom is -0.550 e. The van der Waals surface area contributed by atoms with E-state index < -0.39 is 11.4 Å². The van der Waals surface area contributed by atoms with Gasteiger partial charge in [0.15, 0.2) is 11.5 Å². The molecule has 0 unspecified atom stereocenters. The highest BCUT2D eigenvalue weighted by molar-refractivity contribution is 5.92. The van der Waals surface area contributed by atoms with Crippen LogP contribution in [0.3, 0.4) is 0 Å². The Balaban J connectivity index is 2.05. The first-order valence-electron chi connectivity index (χ1n) is 6.67. The van der Waals surface area contributed by atoms with E-state index in [1.54, 1.807) is 26.0 Å². The van der Waals surface area contributed by atoms with Gasteiger partial charge < -0.3 is 24.7 Å². The van der Waals surface area contributed by atoms with E-state index in [1.807, 2.05) is 6.92 Å². The zero-order valence-corrected chi connectivity index (χ0v) is 12.3. The van der Waals surface area contributed by atoms with Gasteiger partial charge in [0.2, 0.25) is 12.7 Å². The van der Waals surface area contributed by atoms with Crippen LogP contribution in [0, 0.1) is 12.3 Å². The minimum absolute atomic E-state index is 0.0921. The molecule has 1 N–H and O–H groups in total. The molecule has 1 aromatic rings. The zero-order valence-electron chi connectivity index (χ0n) is 12.3. The molecule has 1 amide bonds. The molecule has 0 saturated heterocycles. The summed E-state index contributed by atoms with van der Waals surface area (Å²) in [6.07, 6.45) is -0.0740. The van der Waals surface area contributed by atoms with Crippen molar-refractivity contribution >= 4 is 17.6 Å². The summed E-state index contributed by atoms with van der Waals surface area (Å²) < 4.78 is 10.5. The predicted molar refractivity (Wildman–Crippen MR) is 74.0 cm³/mol. The van der Waals surface area contributed by atoms with Gasteiger partial charge in [-0.2, -0.15) is 0 Å². The maximum Gasteiger partial charge on any atom is 0.231 e. The van der Waals surface area contributed by atoms with Gasteiger partial charge in [0.25, 0.3) is 0 Å². The van der Waals surface area contributed by atoms with Gasteiger partial charge in [-0.3, -0.25) is 4.79 Å². The number of fused-ring (bicyclic) bond motifs is 1. The summed E-state index contributed by atoms with van der Waals surface area (Å²) in [6.45, 7) is 5.46. The molecular formula is C15H18NO5-. The Morgan fingerprint density at radius 3 is 2.48 bits per heavy atom. The first kappa shape index (κ1) is 15.2. The summed E-state index contributed by atoms with van der Waals surface area (Å²) in [4.78, 5) is 22.7. The maximum atomic E-state index is 12.1. The average molecular weight is 292 g/mol.